The van der Waals surface area contributed by atoms with Crippen molar-refractivity contribution in [1.29, 1.82) is 0 Å². The van der Waals surface area contributed by atoms with Crippen LogP contribution in [0.2, 0.25) is 0 Å². The molecular weight excluding hydrogens is 283 g/mol. The molecular formula is C13H29O6P. The van der Waals surface area contributed by atoms with E-state index in [4.69, 9.17) is 14.5 Å². The van der Waals surface area contributed by atoms with Crippen LogP contribution in [-0.2, 0) is 18.6 Å². The predicted octanol–water partition coefficient (Wildman–Crippen LogP) is 2.73. The minimum atomic E-state index is -4.26. The summed E-state index contributed by atoms with van der Waals surface area (Å²) in [5.41, 5.74) is 0. The average molecular weight is 312 g/mol. The zero-order valence-electron chi connectivity index (χ0n) is 12.8. The standard InChI is InChI=1S/C8H19O4P.C3H6O.C2H4O/c1-3-5-6-8(4-2)7-12-13(9,10)11;1-3-2-4-3;1-2-3-1/h8H,3-7H2,1-2H3,(H2,9,10,11);3H,2H2,1H3;1-2H2. The maximum absolute atomic E-state index is 10.4. The second-order valence-corrected chi connectivity index (χ2v) is 6.20. The molecule has 7 heteroatoms. The molecule has 0 spiro atoms. The first-order valence-corrected chi connectivity index (χ1v) is 8.81. The van der Waals surface area contributed by atoms with E-state index in [1.807, 2.05) is 6.92 Å². The Balaban J connectivity index is 0.000000407. The van der Waals surface area contributed by atoms with Crippen LogP contribution in [0.15, 0.2) is 0 Å². The summed E-state index contributed by atoms with van der Waals surface area (Å²) in [6.45, 7) is 9.31. The van der Waals surface area contributed by atoms with Crippen LogP contribution >= 0.6 is 7.82 Å². The van der Waals surface area contributed by atoms with E-state index in [1.165, 1.54) is 0 Å². The Morgan fingerprint density at radius 1 is 1.35 bits per heavy atom. The van der Waals surface area contributed by atoms with Gasteiger partial charge >= 0.3 is 7.82 Å². The Bertz CT molecular complexity index is 259. The SMILES string of the molecule is C1CO1.CC1CO1.CCCCC(CC)COP(=O)(O)O. The van der Waals surface area contributed by atoms with Crippen LogP contribution in [0.4, 0.5) is 0 Å². The van der Waals surface area contributed by atoms with Gasteiger partial charge in [-0.25, -0.2) is 4.57 Å². The van der Waals surface area contributed by atoms with Crippen molar-refractivity contribution >= 4 is 7.82 Å². The summed E-state index contributed by atoms with van der Waals surface area (Å²) in [5, 5.41) is 0. The van der Waals surface area contributed by atoms with E-state index in [0.717, 1.165) is 45.5 Å². The topological polar surface area (TPSA) is 91.8 Å². The number of hydrogen-bond acceptors (Lipinski definition) is 4. The molecule has 2 unspecified atom stereocenters. The third-order valence-electron chi connectivity index (χ3n) is 2.73. The van der Waals surface area contributed by atoms with Crippen molar-refractivity contribution in [1.82, 2.24) is 0 Å². The molecule has 2 heterocycles. The van der Waals surface area contributed by atoms with Crippen molar-refractivity contribution in [2.24, 2.45) is 5.92 Å². The Kier molecular flexibility index (Phi) is 11.7. The minimum absolute atomic E-state index is 0.167. The lowest BCUT2D eigenvalue weighted by molar-refractivity contribution is 0.161. The van der Waals surface area contributed by atoms with Crippen LogP contribution in [0, 0.1) is 5.92 Å². The van der Waals surface area contributed by atoms with Crippen molar-refractivity contribution in [3.8, 4) is 0 Å². The van der Waals surface area contributed by atoms with E-state index >= 15 is 0 Å². The van der Waals surface area contributed by atoms with Gasteiger partial charge in [-0.15, -0.1) is 0 Å². The highest BCUT2D eigenvalue weighted by molar-refractivity contribution is 7.46. The molecule has 0 aromatic heterocycles. The molecule has 2 fully saturated rings. The summed E-state index contributed by atoms with van der Waals surface area (Å²) in [6.07, 6.45) is 4.66. The van der Waals surface area contributed by atoms with Gasteiger partial charge in [0.1, 0.15) is 0 Å². The average Bonchev–Trinajstić information content (AvgIpc) is 3.23. The fourth-order valence-electron chi connectivity index (χ4n) is 1.20. The van der Waals surface area contributed by atoms with E-state index < -0.39 is 7.82 Å². The Labute approximate surface area is 122 Å². The van der Waals surface area contributed by atoms with Gasteiger partial charge in [0, 0.05) is 0 Å². The summed E-state index contributed by atoms with van der Waals surface area (Å²) in [6, 6.07) is 0. The van der Waals surface area contributed by atoms with Crippen LogP contribution in [0.25, 0.3) is 0 Å². The molecule has 2 atom stereocenters. The molecule has 0 bridgehead atoms. The number of hydrogen-bond donors (Lipinski definition) is 2. The fourth-order valence-corrected chi connectivity index (χ4v) is 1.60. The molecule has 0 saturated carbocycles. The van der Waals surface area contributed by atoms with Gasteiger partial charge in [0.2, 0.25) is 0 Å². The highest BCUT2D eigenvalue weighted by atomic mass is 31.2. The molecule has 2 aliphatic heterocycles. The summed E-state index contributed by atoms with van der Waals surface area (Å²) < 4.78 is 24.1. The van der Waals surface area contributed by atoms with Crippen molar-refractivity contribution in [3.05, 3.63) is 0 Å². The molecule has 0 aromatic carbocycles. The maximum Gasteiger partial charge on any atom is 0.469 e. The molecule has 2 rings (SSSR count). The zero-order chi connectivity index (χ0) is 15.4. The first-order chi connectivity index (χ1) is 9.39. The summed E-state index contributed by atoms with van der Waals surface area (Å²) >= 11 is 0. The number of phosphoric acid groups is 1. The zero-order valence-corrected chi connectivity index (χ0v) is 13.7. The molecule has 2 saturated heterocycles. The van der Waals surface area contributed by atoms with E-state index in [0.29, 0.717) is 6.10 Å². The molecule has 6 nitrogen and oxygen atoms in total. The molecule has 122 valence electrons. The fraction of sp³-hybridized carbons (Fsp3) is 1.00. The highest BCUT2D eigenvalue weighted by Crippen LogP contribution is 2.36. The van der Waals surface area contributed by atoms with E-state index in [1.54, 1.807) is 0 Å². The van der Waals surface area contributed by atoms with Crippen molar-refractivity contribution in [2.45, 2.75) is 52.6 Å². The monoisotopic (exact) mass is 312 g/mol. The smallest absolute Gasteiger partial charge is 0.377 e. The molecule has 2 aliphatic rings. The molecule has 0 radical (unpaired) electrons. The van der Waals surface area contributed by atoms with Gasteiger partial charge in [-0.05, 0) is 19.3 Å². The first-order valence-electron chi connectivity index (χ1n) is 7.28. The van der Waals surface area contributed by atoms with Gasteiger partial charge in [0.15, 0.2) is 0 Å². The van der Waals surface area contributed by atoms with Crippen LogP contribution in [-0.4, -0.2) is 42.3 Å². The lowest BCUT2D eigenvalue weighted by Gasteiger charge is -2.14. The first kappa shape index (κ1) is 20.0. The quantitative estimate of drug-likeness (QED) is 0.555. The van der Waals surface area contributed by atoms with Gasteiger partial charge in [0.25, 0.3) is 0 Å². The lowest BCUT2D eigenvalue weighted by Crippen LogP contribution is -2.07. The summed E-state index contributed by atoms with van der Waals surface area (Å²) in [7, 11) is -4.26. The lowest BCUT2D eigenvalue weighted by atomic mass is 10.0. The number of ether oxygens (including phenoxy) is 2. The number of phosphoric ester groups is 1. The van der Waals surface area contributed by atoms with Crippen LogP contribution in [0.5, 0.6) is 0 Å². The maximum atomic E-state index is 10.4. The summed E-state index contributed by atoms with van der Waals surface area (Å²) in [5.74, 6) is 0.271. The third kappa shape index (κ3) is 20.3. The van der Waals surface area contributed by atoms with Crippen LogP contribution in [0.3, 0.4) is 0 Å². The van der Waals surface area contributed by atoms with Crippen LogP contribution in [0.1, 0.15) is 46.5 Å². The number of epoxide rings is 2. The minimum Gasteiger partial charge on any atom is -0.377 e. The van der Waals surface area contributed by atoms with Gasteiger partial charge < -0.3 is 19.3 Å². The second kappa shape index (κ2) is 11.7. The molecule has 0 amide bonds. The Morgan fingerprint density at radius 3 is 2.10 bits per heavy atom. The van der Waals surface area contributed by atoms with Crippen molar-refractivity contribution in [3.63, 3.8) is 0 Å². The van der Waals surface area contributed by atoms with Gasteiger partial charge in [-0.3, -0.25) is 4.52 Å². The van der Waals surface area contributed by atoms with Gasteiger partial charge in [0.05, 0.1) is 32.5 Å². The summed E-state index contributed by atoms with van der Waals surface area (Å²) in [4.78, 5) is 17.0. The van der Waals surface area contributed by atoms with E-state index in [2.05, 4.69) is 23.1 Å². The van der Waals surface area contributed by atoms with Crippen LogP contribution < -0.4 is 0 Å². The molecule has 0 aromatic rings. The molecule has 0 aliphatic carbocycles. The number of unbranched alkanes of at least 4 members (excludes halogenated alkanes) is 1. The van der Waals surface area contributed by atoms with Crippen molar-refractivity contribution < 1.29 is 28.3 Å². The predicted molar refractivity (Wildman–Crippen MR) is 77.5 cm³/mol. The Hall–Kier alpha value is 0.0300. The largest absolute Gasteiger partial charge is 0.469 e. The van der Waals surface area contributed by atoms with Gasteiger partial charge in [-0.2, -0.15) is 0 Å². The van der Waals surface area contributed by atoms with Gasteiger partial charge in [-0.1, -0.05) is 33.1 Å². The Morgan fingerprint density at radius 2 is 1.85 bits per heavy atom. The molecule has 2 N–H and O–H groups in total. The van der Waals surface area contributed by atoms with E-state index in [-0.39, 0.29) is 12.5 Å². The normalized spacial score (nSPS) is 20.9. The number of rotatable bonds is 7. The molecule has 20 heavy (non-hydrogen) atoms. The van der Waals surface area contributed by atoms with E-state index in [9.17, 15) is 4.57 Å². The van der Waals surface area contributed by atoms with Crippen molar-refractivity contribution in [2.75, 3.05) is 26.4 Å². The highest BCUT2D eigenvalue weighted by Gasteiger charge is 2.16. The second-order valence-electron chi connectivity index (χ2n) is 4.96. The third-order valence-corrected chi connectivity index (χ3v) is 3.21.